The fourth-order valence-corrected chi connectivity index (χ4v) is 4.76. The van der Waals surface area contributed by atoms with Crippen LogP contribution in [-0.2, 0) is 155 Å². The molecule has 369 valence electrons. The second-order valence-electron chi connectivity index (χ2n) is 15.4. The quantitative estimate of drug-likeness (QED) is 0.0278. The van der Waals surface area contributed by atoms with E-state index in [-0.39, 0.29) is 162 Å². The third kappa shape index (κ3) is 43.5. The average Bonchev–Trinajstić information content (AvgIpc) is 3.68. The normalized spacial score (nSPS) is 13.5. The van der Waals surface area contributed by atoms with Crippen molar-refractivity contribution in [2.75, 3.05) is 30.3 Å². The van der Waals surface area contributed by atoms with Gasteiger partial charge in [-0.2, -0.15) is 29.4 Å². The van der Waals surface area contributed by atoms with Gasteiger partial charge in [0.25, 0.3) is 0 Å². The maximum absolute atomic E-state index is 11.6. The van der Waals surface area contributed by atoms with Gasteiger partial charge >= 0.3 is 17.9 Å². The van der Waals surface area contributed by atoms with Gasteiger partial charge < -0.3 is 49.2 Å². The molecule has 3 rings (SSSR count). The first-order chi connectivity index (χ1) is 29.2. The Morgan fingerprint density at radius 1 is 0.576 bits per heavy atom. The number of amides is 4. The number of hydrogen-bond donors (Lipinski definition) is 2. The van der Waals surface area contributed by atoms with Gasteiger partial charge in [-0.25, -0.2) is 0 Å². The molecule has 0 saturated carbocycles. The molecule has 3 aliphatic heterocycles. The third-order valence-corrected chi connectivity index (χ3v) is 7.45. The zero-order chi connectivity index (χ0) is 49.3. The van der Waals surface area contributed by atoms with Crippen molar-refractivity contribution in [3.8, 4) is 0 Å². The van der Waals surface area contributed by atoms with Crippen molar-refractivity contribution in [2.45, 2.75) is 151 Å². The van der Waals surface area contributed by atoms with E-state index in [0.717, 1.165) is 30.6 Å². The van der Waals surface area contributed by atoms with E-state index in [2.05, 4.69) is 23.0 Å². The van der Waals surface area contributed by atoms with Crippen molar-refractivity contribution < 1.29 is 161 Å². The minimum atomic E-state index is -0.820. The Morgan fingerprint density at radius 3 is 1.14 bits per heavy atom. The van der Waals surface area contributed by atoms with Gasteiger partial charge in [-0.15, -0.1) is 52.0 Å². The fraction of sp³-hybridized carbons (Fsp3) is 0.651. The molecule has 3 radical (unpaired) electrons. The Balaban J connectivity index is -0.000000177. The Bertz CT molecular complexity index is 1620. The SMILES string of the molecule is CC(C)(C)OC(=O)CCCCCN.CC1=[C-]C(=O)N(CCCCCC(=O)O)C1=O.CC1=[C-]C(=O)N(CCCCCC(=O)OC(C)(C)C)C1=O.CC1=[C-]C(=O)OC1=O.ClCCl.ClCCl.[Y].[Y].[Y]. The zero-order valence-electron chi connectivity index (χ0n) is 39.6. The van der Waals surface area contributed by atoms with Gasteiger partial charge in [-0.05, 0) is 86.6 Å². The molecule has 0 aromatic heterocycles. The van der Waals surface area contributed by atoms with E-state index < -0.39 is 23.5 Å². The van der Waals surface area contributed by atoms with Crippen LogP contribution in [0.4, 0.5) is 0 Å². The van der Waals surface area contributed by atoms with E-state index in [1.54, 1.807) is 13.8 Å². The molecule has 0 aromatic rings. The number of imide groups is 2. The van der Waals surface area contributed by atoms with Crippen LogP contribution in [0.2, 0.25) is 0 Å². The van der Waals surface area contributed by atoms with Crippen molar-refractivity contribution in [1.82, 2.24) is 9.80 Å². The van der Waals surface area contributed by atoms with Crippen LogP contribution < -0.4 is 5.73 Å². The van der Waals surface area contributed by atoms with E-state index in [1.165, 1.54) is 11.8 Å². The molecule has 0 atom stereocenters. The minimum absolute atomic E-state index is 0. The van der Waals surface area contributed by atoms with Crippen molar-refractivity contribution in [2.24, 2.45) is 5.73 Å². The Kier molecular flexibility index (Phi) is 51.8. The number of hydrogen-bond acceptors (Lipinski definition) is 13. The standard InChI is InChI=1S/C15H22NO4.C11H14NO4.C10H21NO2.C5H3O3.2CH2Cl2.3Y/c1-11-10-12(17)16(14(11)19)9-7-5-6-8-13(18)20-15(2,3)4;1-8-7-9(13)12(11(8)16)6-4-2-3-5-10(14)15;1-10(2,3)13-9(12)7-5-4-6-8-11;1-3-2-4(6)8-5(3)7;2*2-1-3;;;/h5-9H2,1-4H3;2-6H2,1H3,(H,14,15);4-8,11H2,1-3H3;1H3;2*1H2;;;/q2*-1;;-1;;;;;. The van der Waals surface area contributed by atoms with Gasteiger partial charge in [0.15, 0.2) is 5.97 Å². The Hall–Kier alpha value is -0.518. The summed E-state index contributed by atoms with van der Waals surface area (Å²) in [5.74, 6) is -3.71. The molecule has 3 N–H and O–H groups in total. The number of nitrogens with two attached hydrogens (primary N) is 1. The van der Waals surface area contributed by atoms with Crippen molar-refractivity contribution in [3.05, 3.63) is 34.9 Å². The number of nitrogens with zero attached hydrogens (tertiary/aromatic N) is 2. The number of aliphatic carboxylic acids is 1. The number of unbranched alkanes of at least 4 members (excludes halogenated alkanes) is 6. The summed E-state index contributed by atoms with van der Waals surface area (Å²) in [5.41, 5.74) is 5.47. The number of ether oxygens (including phenoxy) is 3. The van der Waals surface area contributed by atoms with E-state index in [0.29, 0.717) is 75.7 Å². The summed E-state index contributed by atoms with van der Waals surface area (Å²) < 4.78 is 14.4. The molecule has 16 nitrogen and oxygen atoms in total. The van der Waals surface area contributed by atoms with Crippen molar-refractivity contribution in [1.29, 1.82) is 0 Å². The van der Waals surface area contributed by atoms with Crippen LogP contribution in [0.1, 0.15) is 139 Å². The molecule has 3 aliphatic rings. The largest absolute Gasteiger partial charge is 0.495 e. The first-order valence-corrected chi connectivity index (χ1v) is 22.2. The van der Waals surface area contributed by atoms with Crippen LogP contribution in [0.5, 0.6) is 0 Å². The van der Waals surface area contributed by atoms with E-state index >= 15 is 0 Å². The van der Waals surface area contributed by atoms with Gasteiger partial charge in [-0.3, -0.25) is 28.8 Å². The van der Waals surface area contributed by atoms with Gasteiger partial charge in [-0.1, -0.05) is 40.0 Å². The summed E-state index contributed by atoms with van der Waals surface area (Å²) in [4.78, 5) is 101. The predicted octanol–water partition coefficient (Wildman–Crippen LogP) is 7.26. The van der Waals surface area contributed by atoms with Crippen LogP contribution in [0.3, 0.4) is 0 Å². The van der Waals surface area contributed by atoms with Gasteiger partial charge in [0.05, 0.1) is 22.5 Å². The van der Waals surface area contributed by atoms with Gasteiger partial charge in [0.2, 0.25) is 5.97 Å². The molecular weight excluding hydrogens is 1180 g/mol. The van der Waals surface area contributed by atoms with Crippen LogP contribution in [0.15, 0.2) is 16.7 Å². The Labute approximate surface area is 486 Å². The second kappa shape index (κ2) is 44.4. The third-order valence-electron chi connectivity index (χ3n) is 7.45. The number of carboxylic acid groups (broad SMARTS) is 1. The molecular formula is C43H64Cl4N3O13Y3-3. The molecule has 0 aromatic carbocycles. The summed E-state index contributed by atoms with van der Waals surface area (Å²) in [5, 5.41) is 8.80. The molecule has 0 spiro atoms. The van der Waals surface area contributed by atoms with Crippen molar-refractivity contribution >= 4 is 99.9 Å². The van der Waals surface area contributed by atoms with Gasteiger partial charge in [0.1, 0.15) is 23.0 Å². The van der Waals surface area contributed by atoms with Crippen LogP contribution in [0.25, 0.3) is 0 Å². The molecule has 0 fully saturated rings. The summed E-state index contributed by atoms with van der Waals surface area (Å²) in [6, 6.07) is 0. The summed E-state index contributed by atoms with van der Waals surface area (Å²) in [6.45, 7) is 17.2. The van der Waals surface area contributed by atoms with E-state index in [4.69, 9.17) is 66.7 Å². The summed E-state index contributed by atoms with van der Waals surface area (Å²) in [6.07, 6.45) is 15.0. The number of halogens is 4. The second-order valence-corrected chi connectivity index (χ2v) is 17.1. The van der Waals surface area contributed by atoms with Crippen LogP contribution >= 0.6 is 46.4 Å². The maximum Gasteiger partial charge on any atom is 0.306 e. The molecule has 0 bridgehead atoms. The molecule has 0 saturated heterocycles. The number of alkyl halides is 4. The fourth-order valence-electron chi connectivity index (χ4n) is 4.76. The van der Waals surface area contributed by atoms with Crippen LogP contribution in [-0.4, -0.2) is 110 Å². The molecule has 4 amide bonds. The molecule has 0 aliphatic carbocycles. The number of rotatable bonds is 17. The van der Waals surface area contributed by atoms with Gasteiger partial charge in [0, 0.05) is 130 Å². The molecule has 23 heteroatoms. The van der Waals surface area contributed by atoms with Crippen LogP contribution in [0, 0.1) is 18.2 Å². The molecule has 66 heavy (non-hydrogen) atoms. The topological polar surface area (TPSA) is 234 Å². The van der Waals surface area contributed by atoms with E-state index in [1.807, 2.05) is 41.5 Å². The number of carbonyl (C=O) groups is 9. The number of carbonyl (C=O) groups excluding carboxylic acids is 8. The number of esters is 4. The maximum atomic E-state index is 11.6. The number of cyclic esters (lactones) is 2. The predicted molar refractivity (Wildman–Crippen MR) is 239 cm³/mol. The first kappa shape index (κ1) is 77.0. The van der Waals surface area contributed by atoms with E-state index in [9.17, 15) is 43.2 Å². The number of carboxylic acids is 1. The average molecular weight is 1240 g/mol. The zero-order valence-corrected chi connectivity index (χ0v) is 51.1. The first-order valence-electron chi connectivity index (χ1n) is 20.1. The monoisotopic (exact) mass is 1240 g/mol. The van der Waals surface area contributed by atoms with Crippen molar-refractivity contribution in [3.63, 3.8) is 0 Å². The minimum Gasteiger partial charge on any atom is -0.495 e. The Morgan fingerprint density at radius 2 is 0.909 bits per heavy atom. The summed E-state index contributed by atoms with van der Waals surface area (Å²) >= 11 is 19.1. The molecule has 3 heterocycles. The molecule has 0 unspecified atom stereocenters. The smallest absolute Gasteiger partial charge is 0.306 e. The summed E-state index contributed by atoms with van der Waals surface area (Å²) in [7, 11) is 0.